The molecule has 1 aromatic carbocycles. The van der Waals surface area contributed by atoms with Crippen LogP contribution in [0.25, 0.3) is 0 Å². The van der Waals surface area contributed by atoms with Gasteiger partial charge in [0, 0.05) is 12.6 Å². The molecule has 0 aromatic heterocycles. The van der Waals surface area contributed by atoms with Crippen molar-refractivity contribution in [3.63, 3.8) is 0 Å². The first kappa shape index (κ1) is 11.8. The van der Waals surface area contributed by atoms with Crippen molar-refractivity contribution in [3.8, 4) is 5.75 Å². The molecule has 17 heavy (non-hydrogen) atoms. The number of benzene rings is 1. The summed E-state index contributed by atoms with van der Waals surface area (Å²) >= 11 is 0. The normalized spacial score (nSPS) is 14.2. The minimum atomic E-state index is -0.0821. The van der Waals surface area contributed by atoms with Gasteiger partial charge in [0.15, 0.2) is 0 Å². The second kappa shape index (κ2) is 5.57. The van der Waals surface area contributed by atoms with Crippen molar-refractivity contribution < 1.29 is 9.53 Å². The summed E-state index contributed by atoms with van der Waals surface area (Å²) in [6.07, 6.45) is 2.22. The van der Waals surface area contributed by atoms with Crippen LogP contribution in [-0.2, 0) is 6.54 Å². The lowest BCUT2D eigenvalue weighted by Crippen LogP contribution is -2.36. The predicted octanol–water partition coefficient (Wildman–Crippen LogP) is 2.05. The van der Waals surface area contributed by atoms with Gasteiger partial charge in [-0.1, -0.05) is 12.1 Å². The monoisotopic (exact) mass is 234 g/mol. The number of carbonyl (C=O) groups is 1. The number of hydrogen-bond acceptors (Lipinski definition) is 2. The molecule has 0 aliphatic heterocycles. The topological polar surface area (TPSA) is 50.4 Å². The van der Waals surface area contributed by atoms with Gasteiger partial charge in [0.1, 0.15) is 5.75 Å². The van der Waals surface area contributed by atoms with Crippen molar-refractivity contribution in [1.29, 1.82) is 0 Å². The smallest absolute Gasteiger partial charge is 0.315 e. The Balaban J connectivity index is 1.75. The van der Waals surface area contributed by atoms with Gasteiger partial charge in [-0.15, -0.1) is 0 Å². The van der Waals surface area contributed by atoms with E-state index in [4.69, 9.17) is 4.74 Å². The highest BCUT2D eigenvalue weighted by Gasteiger charge is 2.22. The van der Waals surface area contributed by atoms with E-state index in [0.29, 0.717) is 19.2 Å². The summed E-state index contributed by atoms with van der Waals surface area (Å²) in [7, 11) is 0. The average Bonchev–Trinajstić information content (AvgIpc) is 3.12. The molecule has 0 spiro atoms. The Labute approximate surface area is 101 Å². The van der Waals surface area contributed by atoms with Crippen molar-refractivity contribution in [1.82, 2.24) is 10.6 Å². The Bertz CT molecular complexity index is 372. The molecule has 0 saturated heterocycles. The molecule has 92 valence electrons. The Morgan fingerprint density at radius 1 is 1.35 bits per heavy atom. The molecule has 0 atom stereocenters. The van der Waals surface area contributed by atoms with E-state index >= 15 is 0 Å². The molecular formula is C13H18N2O2. The Hall–Kier alpha value is -1.71. The largest absolute Gasteiger partial charge is 0.494 e. The molecule has 4 heteroatoms. The Kier molecular flexibility index (Phi) is 3.85. The summed E-state index contributed by atoms with van der Waals surface area (Å²) in [5.74, 6) is 0.860. The average molecular weight is 234 g/mol. The lowest BCUT2D eigenvalue weighted by molar-refractivity contribution is 0.240. The van der Waals surface area contributed by atoms with Crippen molar-refractivity contribution in [2.24, 2.45) is 0 Å². The lowest BCUT2D eigenvalue weighted by Gasteiger charge is -2.07. The first-order valence-corrected chi connectivity index (χ1v) is 6.04. The molecule has 2 amide bonds. The lowest BCUT2D eigenvalue weighted by atomic mass is 10.2. The van der Waals surface area contributed by atoms with Crippen LogP contribution < -0.4 is 15.4 Å². The summed E-state index contributed by atoms with van der Waals surface area (Å²) < 4.78 is 5.35. The van der Waals surface area contributed by atoms with Gasteiger partial charge in [-0.05, 0) is 37.5 Å². The van der Waals surface area contributed by atoms with Crippen LogP contribution in [-0.4, -0.2) is 18.7 Å². The molecule has 0 unspecified atom stereocenters. The number of nitrogens with one attached hydrogen (secondary N) is 2. The van der Waals surface area contributed by atoms with Gasteiger partial charge >= 0.3 is 6.03 Å². The van der Waals surface area contributed by atoms with Crippen LogP contribution in [0.4, 0.5) is 4.79 Å². The van der Waals surface area contributed by atoms with E-state index < -0.39 is 0 Å². The van der Waals surface area contributed by atoms with Crippen LogP contribution in [0.15, 0.2) is 24.3 Å². The zero-order valence-corrected chi connectivity index (χ0v) is 10.0. The maximum absolute atomic E-state index is 11.4. The van der Waals surface area contributed by atoms with Crippen molar-refractivity contribution in [2.45, 2.75) is 32.4 Å². The van der Waals surface area contributed by atoms with E-state index in [9.17, 15) is 4.79 Å². The molecule has 1 aromatic rings. The standard InChI is InChI=1S/C13H18N2O2/c1-2-17-12-7-3-10(4-8-12)9-14-13(16)15-11-5-6-11/h3-4,7-8,11H,2,5-6,9H2,1H3,(H2,14,15,16). The van der Waals surface area contributed by atoms with Crippen molar-refractivity contribution >= 4 is 6.03 Å². The number of carbonyl (C=O) groups excluding carboxylic acids is 1. The predicted molar refractivity (Wildman–Crippen MR) is 66.0 cm³/mol. The molecule has 1 saturated carbocycles. The quantitative estimate of drug-likeness (QED) is 0.819. The molecule has 0 bridgehead atoms. The van der Waals surface area contributed by atoms with Crippen molar-refractivity contribution in [3.05, 3.63) is 29.8 Å². The third-order valence-electron chi connectivity index (χ3n) is 2.60. The van der Waals surface area contributed by atoms with Gasteiger partial charge in [-0.2, -0.15) is 0 Å². The van der Waals surface area contributed by atoms with E-state index in [2.05, 4.69) is 10.6 Å². The van der Waals surface area contributed by atoms with Crippen LogP contribution >= 0.6 is 0 Å². The second-order valence-electron chi connectivity index (χ2n) is 4.18. The zero-order chi connectivity index (χ0) is 12.1. The molecule has 0 radical (unpaired) electrons. The summed E-state index contributed by atoms with van der Waals surface area (Å²) in [5.41, 5.74) is 1.07. The fourth-order valence-corrected chi connectivity index (χ4v) is 1.52. The van der Waals surface area contributed by atoms with E-state index in [-0.39, 0.29) is 6.03 Å². The van der Waals surface area contributed by atoms with E-state index in [1.54, 1.807) is 0 Å². The number of ether oxygens (including phenoxy) is 1. The third kappa shape index (κ3) is 3.98. The first-order chi connectivity index (χ1) is 8.28. The molecule has 2 N–H and O–H groups in total. The van der Waals surface area contributed by atoms with E-state index in [1.165, 1.54) is 0 Å². The van der Waals surface area contributed by atoms with Gasteiger partial charge in [0.25, 0.3) is 0 Å². The van der Waals surface area contributed by atoms with Crippen LogP contribution in [0.2, 0.25) is 0 Å². The van der Waals surface area contributed by atoms with Crippen molar-refractivity contribution in [2.75, 3.05) is 6.61 Å². The minimum Gasteiger partial charge on any atom is -0.494 e. The van der Waals surface area contributed by atoms with Gasteiger partial charge in [-0.3, -0.25) is 0 Å². The van der Waals surface area contributed by atoms with E-state index in [0.717, 1.165) is 24.2 Å². The fraction of sp³-hybridized carbons (Fsp3) is 0.462. The number of hydrogen-bond donors (Lipinski definition) is 2. The van der Waals surface area contributed by atoms with Gasteiger partial charge < -0.3 is 15.4 Å². The minimum absolute atomic E-state index is 0.0821. The summed E-state index contributed by atoms with van der Waals surface area (Å²) in [5, 5.41) is 5.71. The summed E-state index contributed by atoms with van der Waals surface area (Å²) in [6, 6.07) is 8.07. The Morgan fingerprint density at radius 3 is 2.65 bits per heavy atom. The maximum Gasteiger partial charge on any atom is 0.315 e. The molecule has 1 aliphatic rings. The fourth-order valence-electron chi connectivity index (χ4n) is 1.52. The SMILES string of the molecule is CCOc1ccc(CNC(=O)NC2CC2)cc1. The Morgan fingerprint density at radius 2 is 2.06 bits per heavy atom. The van der Waals surface area contributed by atoms with Crippen LogP contribution in [0, 0.1) is 0 Å². The van der Waals surface area contributed by atoms with Gasteiger partial charge in [0.05, 0.1) is 6.61 Å². The molecule has 1 aliphatic carbocycles. The third-order valence-corrected chi connectivity index (χ3v) is 2.60. The van der Waals surface area contributed by atoms with Crippen LogP contribution in [0.5, 0.6) is 5.75 Å². The maximum atomic E-state index is 11.4. The molecule has 1 fully saturated rings. The molecule has 2 rings (SSSR count). The number of amides is 2. The summed E-state index contributed by atoms with van der Waals surface area (Å²) in [6.45, 7) is 3.17. The molecule has 4 nitrogen and oxygen atoms in total. The second-order valence-corrected chi connectivity index (χ2v) is 4.18. The molecular weight excluding hydrogens is 216 g/mol. The van der Waals surface area contributed by atoms with Crippen LogP contribution in [0.1, 0.15) is 25.3 Å². The van der Waals surface area contributed by atoms with Crippen LogP contribution in [0.3, 0.4) is 0 Å². The van der Waals surface area contributed by atoms with E-state index in [1.807, 2.05) is 31.2 Å². The highest BCUT2D eigenvalue weighted by atomic mass is 16.5. The van der Waals surface area contributed by atoms with Gasteiger partial charge in [-0.25, -0.2) is 4.79 Å². The highest BCUT2D eigenvalue weighted by molar-refractivity contribution is 5.74. The zero-order valence-electron chi connectivity index (χ0n) is 10.0. The number of urea groups is 1. The molecule has 0 heterocycles. The van der Waals surface area contributed by atoms with Gasteiger partial charge in [0.2, 0.25) is 0 Å². The highest BCUT2D eigenvalue weighted by Crippen LogP contribution is 2.18. The summed E-state index contributed by atoms with van der Waals surface area (Å²) in [4.78, 5) is 11.4. The number of rotatable bonds is 5. The first-order valence-electron chi connectivity index (χ1n) is 6.04.